The molecule has 2 N–H and O–H groups in total. The van der Waals surface area contributed by atoms with Crippen molar-refractivity contribution in [3.63, 3.8) is 0 Å². The number of rotatable bonds is 7. The Bertz CT molecular complexity index is 480. The minimum Gasteiger partial charge on any atom is -0.392 e. The van der Waals surface area contributed by atoms with E-state index in [0.29, 0.717) is 6.42 Å². The zero-order valence-electron chi connectivity index (χ0n) is 15.9. The van der Waals surface area contributed by atoms with Crippen molar-refractivity contribution >= 4 is 0 Å². The Morgan fingerprint density at radius 2 is 1.87 bits per heavy atom. The third-order valence-corrected chi connectivity index (χ3v) is 5.61. The maximum Gasteiger partial charge on any atom is 0.0753 e. The van der Waals surface area contributed by atoms with Crippen LogP contribution >= 0.6 is 0 Å². The van der Waals surface area contributed by atoms with Crippen LogP contribution < -0.4 is 0 Å². The molecule has 0 amide bonds. The first kappa shape index (κ1) is 20.2. The Kier molecular flexibility index (Phi) is 7.76. The van der Waals surface area contributed by atoms with Crippen LogP contribution in [0.2, 0.25) is 0 Å². The van der Waals surface area contributed by atoms with Gasteiger partial charge in [-0.1, -0.05) is 49.6 Å². The van der Waals surface area contributed by atoms with E-state index in [-0.39, 0.29) is 17.9 Å². The summed E-state index contributed by atoms with van der Waals surface area (Å²) in [5.41, 5.74) is 5.59. The fourth-order valence-electron chi connectivity index (χ4n) is 3.58. The van der Waals surface area contributed by atoms with Gasteiger partial charge in [0.25, 0.3) is 0 Å². The van der Waals surface area contributed by atoms with Crippen molar-refractivity contribution in [3.05, 3.63) is 34.4 Å². The quantitative estimate of drug-likeness (QED) is 0.635. The van der Waals surface area contributed by atoms with Crippen LogP contribution in [0.15, 0.2) is 34.4 Å². The van der Waals surface area contributed by atoms with Gasteiger partial charge in [0.05, 0.1) is 12.7 Å². The standard InChI is InChI=1S/C21H36O2/c1-15(11-13-22)18(4)14-20(23)17(3)9-10-19-16(2)8-7-12-21(19,5)6/h9,11,18,20,22-23H,7-8,10,12-14H2,1-6H3/b15-11-,17-9+. The molecule has 0 aromatic rings. The van der Waals surface area contributed by atoms with Gasteiger partial charge in [-0.05, 0) is 69.8 Å². The van der Waals surface area contributed by atoms with E-state index in [9.17, 15) is 5.11 Å². The second-order valence-electron chi connectivity index (χ2n) is 7.93. The minimum atomic E-state index is -0.403. The number of allylic oxidation sites excluding steroid dienone is 4. The molecule has 0 heterocycles. The Morgan fingerprint density at radius 3 is 2.43 bits per heavy atom. The van der Waals surface area contributed by atoms with Crippen molar-refractivity contribution in [1.29, 1.82) is 0 Å². The molecule has 1 rings (SSSR count). The summed E-state index contributed by atoms with van der Waals surface area (Å²) in [6, 6.07) is 0. The summed E-state index contributed by atoms with van der Waals surface area (Å²) in [7, 11) is 0. The molecule has 1 aliphatic carbocycles. The average Bonchev–Trinajstić information content (AvgIpc) is 2.45. The number of aliphatic hydroxyl groups excluding tert-OH is 2. The van der Waals surface area contributed by atoms with E-state index >= 15 is 0 Å². The highest BCUT2D eigenvalue weighted by molar-refractivity contribution is 5.26. The number of aliphatic hydroxyl groups is 2. The maximum atomic E-state index is 10.5. The molecular weight excluding hydrogens is 284 g/mol. The summed E-state index contributed by atoms with van der Waals surface area (Å²) >= 11 is 0. The fraction of sp³-hybridized carbons (Fsp3) is 0.714. The van der Waals surface area contributed by atoms with Crippen LogP contribution in [0, 0.1) is 11.3 Å². The Hall–Kier alpha value is -0.860. The van der Waals surface area contributed by atoms with Crippen LogP contribution in [0.5, 0.6) is 0 Å². The van der Waals surface area contributed by atoms with Crippen molar-refractivity contribution in [2.45, 2.75) is 79.8 Å². The molecule has 132 valence electrons. The van der Waals surface area contributed by atoms with E-state index < -0.39 is 6.10 Å². The van der Waals surface area contributed by atoms with Gasteiger partial charge in [-0.3, -0.25) is 0 Å². The van der Waals surface area contributed by atoms with Gasteiger partial charge in [0.15, 0.2) is 0 Å². The molecule has 0 radical (unpaired) electrons. The zero-order valence-corrected chi connectivity index (χ0v) is 15.9. The van der Waals surface area contributed by atoms with Gasteiger partial charge in [-0.15, -0.1) is 0 Å². The lowest BCUT2D eigenvalue weighted by atomic mass is 9.71. The lowest BCUT2D eigenvalue weighted by Gasteiger charge is -2.34. The SMILES string of the molecule is CC1=C(C/C=C(\C)C(O)CC(C)/C(C)=C\CO)C(C)(C)CCC1. The number of hydrogen-bond donors (Lipinski definition) is 2. The minimum absolute atomic E-state index is 0.0730. The first-order valence-electron chi connectivity index (χ1n) is 9.00. The van der Waals surface area contributed by atoms with Gasteiger partial charge in [0.2, 0.25) is 0 Å². The van der Waals surface area contributed by atoms with Gasteiger partial charge < -0.3 is 10.2 Å². The molecule has 2 heteroatoms. The normalized spacial score (nSPS) is 22.3. The third-order valence-electron chi connectivity index (χ3n) is 5.61. The molecule has 2 atom stereocenters. The highest BCUT2D eigenvalue weighted by atomic mass is 16.3. The highest BCUT2D eigenvalue weighted by Gasteiger charge is 2.27. The average molecular weight is 321 g/mol. The monoisotopic (exact) mass is 320 g/mol. The molecule has 0 aromatic heterocycles. The lowest BCUT2D eigenvalue weighted by molar-refractivity contribution is 0.185. The van der Waals surface area contributed by atoms with Crippen molar-refractivity contribution in [2.75, 3.05) is 6.61 Å². The summed E-state index contributed by atoms with van der Waals surface area (Å²) < 4.78 is 0. The van der Waals surface area contributed by atoms with Crippen molar-refractivity contribution in [1.82, 2.24) is 0 Å². The lowest BCUT2D eigenvalue weighted by Crippen LogP contribution is -2.20. The molecule has 0 fully saturated rings. The third kappa shape index (κ3) is 5.93. The van der Waals surface area contributed by atoms with Crippen LogP contribution in [-0.4, -0.2) is 22.9 Å². The summed E-state index contributed by atoms with van der Waals surface area (Å²) in [5, 5.41) is 19.4. The van der Waals surface area contributed by atoms with E-state index in [4.69, 9.17) is 5.11 Å². The molecule has 0 saturated carbocycles. The van der Waals surface area contributed by atoms with Gasteiger partial charge >= 0.3 is 0 Å². The Labute approximate surface area is 143 Å². The topological polar surface area (TPSA) is 40.5 Å². The summed E-state index contributed by atoms with van der Waals surface area (Å²) in [6.45, 7) is 13.2. The predicted octanol–water partition coefficient (Wildman–Crippen LogP) is 5.18. The molecule has 0 saturated heterocycles. The van der Waals surface area contributed by atoms with Crippen LogP contribution in [-0.2, 0) is 0 Å². The first-order valence-corrected chi connectivity index (χ1v) is 9.00. The maximum absolute atomic E-state index is 10.5. The molecule has 23 heavy (non-hydrogen) atoms. The molecule has 0 aliphatic heterocycles. The van der Waals surface area contributed by atoms with Crippen molar-refractivity contribution in [3.8, 4) is 0 Å². The van der Waals surface area contributed by atoms with Crippen molar-refractivity contribution < 1.29 is 10.2 Å². The fourth-order valence-corrected chi connectivity index (χ4v) is 3.58. The molecule has 0 spiro atoms. The van der Waals surface area contributed by atoms with Crippen LogP contribution in [0.25, 0.3) is 0 Å². The second-order valence-corrected chi connectivity index (χ2v) is 7.93. The molecule has 0 bridgehead atoms. The van der Waals surface area contributed by atoms with Gasteiger partial charge in [0.1, 0.15) is 0 Å². The largest absolute Gasteiger partial charge is 0.392 e. The van der Waals surface area contributed by atoms with Gasteiger partial charge in [0, 0.05) is 0 Å². The second kappa shape index (κ2) is 8.84. The van der Waals surface area contributed by atoms with Gasteiger partial charge in [-0.2, -0.15) is 0 Å². The first-order chi connectivity index (χ1) is 10.7. The Morgan fingerprint density at radius 1 is 1.22 bits per heavy atom. The highest BCUT2D eigenvalue weighted by Crippen LogP contribution is 2.42. The van der Waals surface area contributed by atoms with Gasteiger partial charge in [-0.25, -0.2) is 0 Å². The summed E-state index contributed by atoms with van der Waals surface area (Å²) in [5.74, 6) is 0.285. The molecule has 0 aromatic carbocycles. The van der Waals surface area contributed by atoms with Crippen LogP contribution in [0.4, 0.5) is 0 Å². The summed E-state index contributed by atoms with van der Waals surface area (Å²) in [6.07, 6.45) is 9.09. The van der Waals surface area contributed by atoms with E-state index in [2.05, 4.69) is 33.8 Å². The smallest absolute Gasteiger partial charge is 0.0753 e. The van der Waals surface area contributed by atoms with Crippen LogP contribution in [0.3, 0.4) is 0 Å². The molecular formula is C21H36O2. The predicted molar refractivity (Wildman–Crippen MR) is 99.3 cm³/mol. The van der Waals surface area contributed by atoms with E-state index in [0.717, 1.165) is 17.6 Å². The molecule has 2 unspecified atom stereocenters. The van der Waals surface area contributed by atoms with E-state index in [1.807, 2.05) is 19.9 Å². The van der Waals surface area contributed by atoms with Crippen molar-refractivity contribution in [2.24, 2.45) is 11.3 Å². The van der Waals surface area contributed by atoms with E-state index in [1.165, 1.54) is 24.8 Å². The van der Waals surface area contributed by atoms with E-state index in [1.54, 1.807) is 5.57 Å². The zero-order chi connectivity index (χ0) is 17.6. The van der Waals surface area contributed by atoms with Crippen LogP contribution in [0.1, 0.15) is 73.6 Å². The number of hydrogen-bond acceptors (Lipinski definition) is 2. The molecule has 2 nitrogen and oxygen atoms in total. The summed E-state index contributed by atoms with van der Waals surface area (Å²) in [4.78, 5) is 0. The molecule has 1 aliphatic rings. The Balaban J connectivity index is 2.71.